The summed E-state index contributed by atoms with van der Waals surface area (Å²) in [5.41, 5.74) is -0.966. The van der Waals surface area contributed by atoms with Crippen LogP contribution in [0, 0.1) is 0 Å². The fourth-order valence-electron chi connectivity index (χ4n) is 0.825. The van der Waals surface area contributed by atoms with Gasteiger partial charge in [0.15, 0.2) is 0 Å². The monoisotopic (exact) mass is 191 g/mol. The van der Waals surface area contributed by atoms with E-state index in [2.05, 4.69) is 10.1 Å². The highest BCUT2D eigenvalue weighted by atomic mass is 16.5. The lowest BCUT2D eigenvalue weighted by Gasteiger charge is -2.28. The van der Waals surface area contributed by atoms with Crippen LogP contribution >= 0.6 is 0 Å². The molecular weight excluding hydrogens is 174 g/mol. The zero-order valence-electron chi connectivity index (χ0n) is 8.04. The highest BCUT2D eigenvalue weighted by Crippen LogP contribution is 2.08. The van der Waals surface area contributed by atoms with Crippen LogP contribution in [0.2, 0.25) is 0 Å². The molecular formula is C8H17NO4. The average Bonchev–Trinajstić information content (AvgIpc) is 2.15. The fraction of sp³-hybridized carbons (Fsp3) is 0.875. The summed E-state index contributed by atoms with van der Waals surface area (Å²) in [5.74, 6) is 0. The number of carbonyl (C=O) groups excluding carboxylic acids is 1. The van der Waals surface area contributed by atoms with Gasteiger partial charge in [-0.25, -0.2) is 4.79 Å². The Morgan fingerprint density at radius 3 is 2.23 bits per heavy atom. The van der Waals surface area contributed by atoms with E-state index in [0.29, 0.717) is 6.42 Å². The SMILES string of the molecule is CCOC(=O)NC(CC)(CO)CO. The maximum Gasteiger partial charge on any atom is 0.407 e. The molecule has 0 radical (unpaired) electrons. The number of hydrogen-bond donors (Lipinski definition) is 3. The quantitative estimate of drug-likeness (QED) is 0.565. The smallest absolute Gasteiger partial charge is 0.407 e. The van der Waals surface area contributed by atoms with Gasteiger partial charge in [-0.3, -0.25) is 0 Å². The standard InChI is InChI=1S/C8H17NO4/c1-3-8(5-10,6-11)9-7(12)13-4-2/h10-11H,3-6H2,1-2H3,(H,9,12). The minimum absolute atomic E-state index is 0.266. The first kappa shape index (κ1) is 12.2. The van der Waals surface area contributed by atoms with Crippen LogP contribution in [0.15, 0.2) is 0 Å². The molecule has 0 heterocycles. The summed E-state index contributed by atoms with van der Waals surface area (Å²) in [6.07, 6.45) is -0.175. The summed E-state index contributed by atoms with van der Waals surface area (Å²) in [6.45, 7) is 3.10. The predicted molar refractivity (Wildman–Crippen MR) is 47.4 cm³/mol. The third kappa shape index (κ3) is 3.61. The van der Waals surface area contributed by atoms with Crippen molar-refractivity contribution < 1.29 is 19.7 Å². The zero-order chi connectivity index (χ0) is 10.3. The molecule has 0 bridgehead atoms. The number of amides is 1. The Morgan fingerprint density at radius 1 is 1.38 bits per heavy atom. The van der Waals surface area contributed by atoms with E-state index < -0.39 is 11.6 Å². The lowest BCUT2D eigenvalue weighted by atomic mass is 9.99. The Hall–Kier alpha value is -0.810. The Kier molecular flexibility index (Phi) is 5.41. The van der Waals surface area contributed by atoms with Crippen LogP contribution in [0.25, 0.3) is 0 Å². The van der Waals surface area contributed by atoms with Crippen molar-refractivity contribution >= 4 is 6.09 Å². The van der Waals surface area contributed by atoms with Gasteiger partial charge in [-0.15, -0.1) is 0 Å². The Balaban J connectivity index is 4.16. The molecule has 13 heavy (non-hydrogen) atoms. The molecule has 0 aliphatic heterocycles. The maximum atomic E-state index is 11.0. The first-order valence-electron chi connectivity index (χ1n) is 4.30. The van der Waals surface area contributed by atoms with Crippen molar-refractivity contribution in [2.45, 2.75) is 25.8 Å². The second-order valence-corrected chi connectivity index (χ2v) is 2.80. The maximum absolute atomic E-state index is 11.0. The first-order chi connectivity index (χ1) is 6.14. The van der Waals surface area contributed by atoms with Gasteiger partial charge in [-0.05, 0) is 13.3 Å². The summed E-state index contributed by atoms with van der Waals surface area (Å²) in [5, 5.41) is 20.3. The molecule has 0 aromatic heterocycles. The summed E-state index contributed by atoms with van der Waals surface area (Å²) in [4.78, 5) is 11.0. The second kappa shape index (κ2) is 5.77. The molecule has 1 amide bonds. The van der Waals surface area contributed by atoms with Crippen LogP contribution in [0.5, 0.6) is 0 Å². The van der Waals surface area contributed by atoms with Crippen molar-refractivity contribution in [1.29, 1.82) is 0 Å². The summed E-state index contributed by atoms with van der Waals surface area (Å²) in [6, 6.07) is 0. The van der Waals surface area contributed by atoms with Gasteiger partial charge in [0.05, 0.1) is 25.4 Å². The first-order valence-corrected chi connectivity index (χ1v) is 4.30. The largest absolute Gasteiger partial charge is 0.450 e. The predicted octanol–water partition coefficient (Wildman–Crippen LogP) is -0.134. The van der Waals surface area contributed by atoms with Crippen molar-refractivity contribution in [3.63, 3.8) is 0 Å². The molecule has 0 atom stereocenters. The van der Waals surface area contributed by atoms with Crippen molar-refractivity contribution in [1.82, 2.24) is 5.32 Å². The van der Waals surface area contributed by atoms with Gasteiger partial charge in [0.2, 0.25) is 0 Å². The molecule has 5 nitrogen and oxygen atoms in total. The van der Waals surface area contributed by atoms with E-state index in [-0.39, 0.29) is 19.8 Å². The van der Waals surface area contributed by atoms with E-state index in [1.165, 1.54) is 0 Å². The van der Waals surface area contributed by atoms with Crippen molar-refractivity contribution in [2.24, 2.45) is 0 Å². The van der Waals surface area contributed by atoms with Crippen LogP contribution in [0.1, 0.15) is 20.3 Å². The molecule has 0 fully saturated rings. The van der Waals surface area contributed by atoms with Gasteiger partial charge in [0, 0.05) is 0 Å². The number of aliphatic hydroxyl groups is 2. The average molecular weight is 191 g/mol. The zero-order valence-corrected chi connectivity index (χ0v) is 8.04. The molecule has 0 aliphatic carbocycles. The van der Waals surface area contributed by atoms with E-state index in [9.17, 15) is 4.79 Å². The third-order valence-electron chi connectivity index (χ3n) is 1.92. The van der Waals surface area contributed by atoms with Crippen molar-refractivity contribution in [2.75, 3.05) is 19.8 Å². The number of rotatable bonds is 5. The van der Waals surface area contributed by atoms with Crippen LogP contribution in [-0.2, 0) is 4.74 Å². The van der Waals surface area contributed by atoms with Gasteiger partial charge in [-0.1, -0.05) is 6.92 Å². The van der Waals surface area contributed by atoms with Crippen molar-refractivity contribution in [3.8, 4) is 0 Å². The summed E-state index contributed by atoms with van der Waals surface area (Å²) in [7, 11) is 0. The number of nitrogens with one attached hydrogen (secondary N) is 1. The Morgan fingerprint density at radius 2 is 1.92 bits per heavy atom. The molecule has 78 valence electrons. The minimum Gasteiger partial charge on any atom is -0.450 e. The molecule has 0 aliphatic rings. The molecule has 0 spiro atoms. The van der Waals surface area contributed by atoms with E-state index in [0.717, 1.165) is 0 Å². The molecule has 0 rings (SSSR count). The topological polar surface area (TPSA) is 78.8 Å². The molecule has 0 saturated carbocycles. The molecule has 3 N–H and O–H groups in total. The lowest BCUT2D eigenvalue weighted by Crippen LogP contribution is -2.53. The van der Waals surface area contributed by atoms with Crippen LogP contribution in [-0.4, -0.2) is 41.7 Å². The number of alkyl carbamates (subject to hydrolysis) is 1. The van der Waals surface area contributed by atoms with E-state index >= 15 is 0 Å². The molecule has 0 aromatic carbocycles. The molecule has 0 saturated heterocycles. The Labute approximate surface area is 77.7 Å². The fourth-order valence-corrected chi connectivity index (χ4v) is 0.825. The van der Waals surface area contributed by atoms with Gasteiger partial charge in [-0.2, -0.15) is 0 Å². The third-order valence-corrected chi connectivity index (χ3v) is 1.92. The Bertz CT molecular complexity index is 148. The van der Waals surface area contributed by atoms with Gasteiger partial charge in [0.25, 0.3) is 0 Å². The second-order valence-electron chi connectivity index (χ2n) is 2.80. The highest BCUT2D eigenvalue weighted by molar-refractivity contribution is 5.68. The van der Waals surface area contributed by atoms with Crippen molar-refractivity contribution in [3.05, 3.63) is 0 Å². The molecule has 0 aromatic rings. The van der Waals surface area contributed by atoms with Crippen LogP contribution in [0.3, 0.4) is 0 Å². The number of aliphatic hydroxyl groups excluding tert-OH is 2. The number of ether oxygens (including phenoxy) is 1. The van der Waals surface area contributed by atoms with E-state index in [1.807, 2.05) is 0 Å². The van der Waals surface area contributed by atoms with Gasteiger partial charge in [0.1, 0.15) is 0 Å². The van der Waals surface area contributed by atoms with Gasteiger partial charge < -0.3 is 20.3 Å². The lowest BCUT2D eigenvalue weighted by molar-refractivity contribution is 0.0739. The highest BCUT2D eigenvalue weighted by Gasteiger charge is 2.28. The summed E-state index contributed by atoms with van der Waals surface area (Å²) >= 11 is 0. The van der Waals surface area contributed by atoms with E-state index in [4.69, 9.17) is 10.2 Å². The van der Waals surface area contributed by atoms with Crippen LogP contribution < -0.4 is 5.32 Å². The van der Waals surface area contributed by atoms with E-state index in [1.54, 1.807) is 13.8 Å². The molecule has 5 heteroatoms. The molecule has 0 unspecified atom stereocenters. The van der Waals surface area contributed by atoms with Crippen LogP contribution in [0.4, 0.5) is 4.79 Å². The number of carbonyl (C=O) groups is 1. The summed E-state index contributed by atoms with van der Waals surface area (Å²) < 4.78 is 4.63. The minimum atomic E-state index is -0.966. The number of hydrogen-bond acceptors (Lipinski definition) is 4. The van der Waals surface area contributed by atoms with Gasteiger partial charge >= 0.3 is 6.09 Å². The normalized spacial score (nSPS) is 11.1.